The monoisotopic (exact) mass is 377 g/mol. The van der Waals surface area contributed by atoms with E-state index >= 15 is 0 Å². The summed E-state index contributed by atoms with van der Waals surface area (Å²) in [4.78, 5) is 35.0. The van der Waals surface area contributed by atoms with Crippen molar-refractivity contribution >= 4 is 17.9 Å². The molecule has 0 bridgehead atoms. The van der Waals surface area contributed by atoms with Crippen LogP contribution in [0.5, 0.6) is 0 Å². The zero-order valence-electron chi connectivity index (χ0n) is 16.7. The maximum absolute atomic E-state index is 11.9. The molecule has 1 rings (SSSR count). The molecule has 0 saturated heterocycles. The van der Waals surface area contributed by atoms with Gasteiger partial charge in [-0.3, -0.25) is 9.59 Å². The molecule has 0 aromatic heterocycles. The van der Waals surface area contributed by atoms with Crippen molar-refractivity contribution in [2.45, 2.75) is 52.6 Å². The molecule has 0 unspecified atom stereocenters. The molecule has 1 aromatic rings. The molecule has 7 nitrogen and oxygen atoms in total. The molecule has 150 valence electrons. The van der Waals surface area contributed by atoms with Crippen molar-refractivity contribution in [2.24, 2.45) is 0 Å². The lowest BCUT2D eigenvalue weighted by molar-refractivity contribution is -0.121. The van der Waals surface area contributed by atoms with Crippen LogP contribution in [0.15, 0.2) is 24.3 Å². The van der Waals surface area contributed by atoms with Crippen LogP contribution in [0.2, 0.25) is 0 Å². The van der Waals surface area contributed by atoms with Gasteiger partial charge in [0.05, 0.1) is 6.42 Å². The van der Waals surface area contributed by atoms with E-state index < -0.39 is 11.7 Å². The SMILES string of the molecule is Cc1cccc(CC(=O)NCCCNC(=O)CCNC(=O)OC(C)(C)C)c1. The molecule has 0 aliphatic rings. The number of carbonyl (C=O) groups is 3. The topological polar surface area (TPSA) is 96.5 Å². The Bertz CT molecular complexity index is 638. The lowest BCUT2D eigenvalue weighted by Gasteiger charge is -2.19. The van der Waals surface area contributed by atoms with E-state index in [9.17, 15) is 14.4 Å². The zero-order chi connectivity index (χ0) is 20.3. The molecule has 3 amide bonds. The second kappa shape index (κ2) is 11.2. The second-order valence-corrected chi connectivity index (χ2v) is 7.40. The van der Waals surface area contributed by atoms with Crippen molar-refractivity contribution in [3.63, 3.8) is 0 Å². The number of nitrogens with one attached hydrogen (secondary N) is 3. The van der Waals surface area contributed by atoms with Crippen molar-refractivity contribution < 1.29 is 19.1 Å². The summed E-state index contributed by atoms with van der Waals surface area (Å²) in [6, 6.07) is 7.85. The van der Waals surface area contributed by atoms with E-state index in [1.807, 2.05) is 31.2 Å². The van der Waals surface area contributed by atoms with Crippen molar-refractivity contribution in [2.75, 3.05) is 19.6 Å². The van der Waals surface area contributed by atoms with Gasteiger partial charge in [0.25, 0.3) is 0 Å². The highest BCUT2D eigenvalue weighted by atomic mass is 16.6. The van der Waals surface area contributed by atoms with Crippen LogP contribution < -0.4 is 16.0 Å². The number of carbonyl (C=O) groups excluding carboxylic acids is 3. The molecule has 0 heterocycles. The van der Waals surface area contributed by atoms with Crippen molar-refractivity contribution in [1.82, 2.24) is 16.0 Å². The molecule has 0 aliphatic heterocycles. The highest BCUT2D eigenvalue weighted by Crippen LogP contribution is 2.06. The van der Waals surface area contributed by atoms with Gasteiger partial charge in [0.15, 0.2) is 0 Å². The van der Waals surface area contributed by atoms with Crippen LogP contribution in [-0.4, -0.2) is 43.1 Å². The third-order valence-electron chi connectivity index (χ3n) is 3.47. The van der Waals surface area contributed by atoms with E-state index in [0.717, 1.165) is 11.1 Å². The van der Waals surface area contributed by atoms with Crippen LogP contribution in [0.4, 0.5) is 4.79 Å². The van der Waals surface area contributed by atoms with Gasteiger partial charge in [-0.05, 0) is 39.7 Å². The average Bonchev–Trinajstić information content (AvgIpc) is 2.52. The Hall–Kier alpha value is -2.57. The van der Waals surface area contributed by atoms with Crippen LogP contribution in [-0.2, 0) is 20.7 Å². The van der Waals surface area contributed by atoms with E-state index in [1.165, 1.54) is 0 Å². The summed E-state index contributed by atoms with van der Waals surface area (Å²) in [7, 11) is 0. The van der Waals surface area contributed by atoms with Crippen LogP contribution in [0.1, 0.15) is 44.7 Å². The Balaban J connectivity index is 2.06. The zero-order valence-corrected chi connectivity index (χ0v) is 16.7. The molecule has 3 N–H and O–H groups in total. The average molecular weight is 377 g/mol. The molecule has 0 radical (unpaired) electrons. The summed E-state index contributed by atoms with van der Waals surface area (Å²) in [6.45, 7) is 8.51. The van der Waals surface area contributed by atoms with E-state index in [4.69, 9.17) is 4.74 Å². The minimum absolute atomic E-state index is 0.0338. The van der Waals surface area contributed by atoms with Gasteiger partial charge >= 0.3 is 6.09 Å². The van der Waals surface area contributed by atoms with Gasteiger partial charge in [0, 0.05) is 26.1 Å². The molecule has 1 aromatic carbocycles. The van der Waals surface area contributed by atoms with Crippen molar-refractivity contribution in [3.8, 4) is 0 Å². The molecule has 0 atom stereocenters. The number of rotatable bonds is 9. The summed E-state index contributed by atoms with van der Waals surface area (Å²) in [5.74, 6) is -0.189. The number of hydrogen-bond acceptors (Lipinski definition) is 4. The summed E-state index contributed by atoms with van der Waals surface area (Å²) in [5, 5.41) is 8.13. The minimum Gasteiger partial charge on any atom is -0.444 e. The standard InChI is InChI=1S/C20H31N3O4/c1-15-7-5-8-16(13-15)14-18(25)22-11-6-10-21-17(24)9-12-23-19(26)27-20(2,3)4/h5,7-8,13H,6,9-12,14H2,1-4H3,(H,21,24)(H,22,25)(H,23,26). The third-order valence-corrected chi connectivity index (χ3v) is 3.47. The second-order valence-electron chi connectivity index (χ2n) is 7.40. The first-order chi connectivity index (χ1) is 12.7. The number of hydrogen-bond donors (Lipinski definition) is 3. The molecule has 27 heavy (non-hydrogen) atoms. The Labute approximate surface area is 161 Å². The fourth-order valence-electron chi connectivity index (χ4n) is 2.29. The number of aryl methyl sites for hydroxylation is 1. The van der Waals surface area contributed by atoms with Gasteiger partial charge < -0.3 is 20.7 Å². The predicted octanol–water partition coefficient (Wildman–Crippen LogP) is 2.07. The first-order valence-electron chi connectivity index (χ1n) is 9.21. The largest absolute Gasteiger partial charge is 0.444 e. The van der Waals surface area contributed by atoms with E-state index in [-0.39, 0.29) is 24.8 Å². The number of ether oxygens (including phenoxy) is 1. The third kappa shape index (κ3) is 11.6. The van der Waals surface area contributed by atoms with Gasteiger partial charge in [0.2, 0.25) is 11.8 Å². The highest BCUT2D eigenvalue weighted by molar-refractivity contribution is 5.78. The quantitative estimate of drug-likeness (QED) is 0.574. The first-order valence-corrected chi connectivity index (χ1v) is 9.21. The van der Waals surface area contributed by atoms with Gasteiger partial charge in [-0.2, -0.15) is 0 Å². The number of benzene rings is 1. The summed E-state index contributed by atoms with van der Waals surface area (Å²) in [6.07, 6.45) is 0.639. The lowest BCUT2D eigenvalue weighted by Crippen LogP contribution is -2.35. The lowest BCUT2D eigenvalue weighted by atomic mass is 10.1. The van der Waals surface area contributed by atoms with Gasteiger partial charge in [-0.15, -0.1) is 0 Å². The summed E-state index contributed by atoms with van der Waals surface area (Å²) < 4.78 is 5.08. The van der Waals surface area contributed by atoms with Gasteiger partial charge in [0.1, 0.15) is 5.60 Å². The Morgan fingerprint density at radius 1 is 0.963 bits per heavy atom. The maximum atomic E-state index is 11.9. The Morgan fingerprint density at radius 2 is 1.63 bits per heavy atom. The summed E-state index contributed by atoms with van der Waals surface area (Å²) >= 11 is 0. The van der Waals surface area contributed by atoms with Crippen molar-refractivity contribution in [1.29, 1.82) is 0 Å². The first kappa shape index (κ1) is 22.5. The Morgan fingerprint density at radius 3 is 2.26 bits per heavy atom. The van der Waals surface area contributed by atoms with Crippen molar-refractivity contribution in [3.05, 3.63) is 35.4 Å². The molecular weight excluding hydrogens is 346 g/mol. The van der Waals surface area contributed by atoms with Gasteiger partial charge in [-0.25, -0.2) is 4.79 Å². The minimum atomic E-state index is -0.559. The molecule has 7 heteroatoms. The van der Waals surface area contributed by atoms with E-state index in [1.54, 1.807) is 20.8 Å². The molecule has 0 aliphatic carbocycles. The number of alkyl carbamates (subject to hydrolysis) is 1. The molecule has 0 spiro atoms. The Kier molecular flexibility index (Phi) is 9.33. The van der Waals surface area contributed by atoms with Crippen LogP contribution in [0, 0.1) is 6.92 Å². The van der Waals surface area contributed by atoms with Crippen LogP contribution >= 0.6 is 0 Å². The fourth-order valence-corrected chi connectivity index (χ4v) is 2.29. The van der Waals surface area contributed by atoms with Gasteiger partial charge in [-0.1, -0.05) is 29.8 Å². The fraction of sp³-hybridized carbons (Fsp3) is 0.550. The summed E-state index contributed by atoms with van der Waals surface area (Å²) in [5.41, 5.74) is 1.55. The van der Waals surface area contributed by atoms with E-state index in [2.05, 4.69) is 16.0 Å². The smallest absolute Gasteiger partial charge is 0.407 e. The number of amides is 3. The van der Waals surface area contributed by atoms with Crippen LogP contribution in [0.3, 0.4) is 0 Å². The highest BCUT2D eigenvalue weighted by Gasteiger charge is 2.15. The predicted molar refractivity (Wildman–Crippen MR) is 104 cm³/mol. The molecule has 0 fully saturated rings. The molecular formula is C20H31N3O4. The molecule has 0 saturated carbocycles. The normalized spacial score (nSPS) is 10.8. The van der Waals surface area contributed by atoms with Crippen LogP contribution in [0.25, 0.3) is 0 Å². The van der Waals surface area contributed by atoms with E-state index in [0.29, 0.717) is 25.9 Å². The maximum Gasteiger partial charge on any atom is 0.407 e.